The molecule has 154 valence electrons. The summed E-state index contributed by atoms with van der Waals surface area (Å²) in [6.45, 7) is 9.09. The van der Waals surface area contributed by atoms with Crippen LogP contribution in [0.2, 0.25) is 0 Å². The van der Waals surface area contributed by atoms with E-state index in [9.17, 15) is 18.0 Å². The topological polar surface area (TPSA) is 56.8 Å². The van der Waals surface area contributed by atoms with E-state index < -0.39 is 24.3 Å². The molecule has 1 unspecified atom stereocenters. The summed E-state index contributed by atoms with van der Waals surface area (Å²) in [6.07, 6.45) is -0.448. The summed E-state index contributed by atoms with van der Waals surface area (Å²) in [5.41, 5.74) is 1.37. The number of nitrogens with one attached hydrogen (secondary N) is 1. The Labute approximate surface area is 162 Å². The fraction of sp³-hybridized carbons (Fsp3) is 0.350. The zero-order chi connectivity index (χ0) is 21.2. The molecule has 8 heteroatoms. The maximum absolute atomic E-state index is 12.3. The van der Waals surface area contributed by atoms with Gasteiger partial charge in [0.2, 0.25) is 0 Å². The first-order chi connectivity index (χ1) is 13.1. The van der Waals surface area contributed by atoms with Gasteiger partial charge in [0.25, 0.3) is 0 Å². The third-order valence-corrected chi connectivity index (χ3v) is 3.31. The molecule has 1 aromatic carbocycles. The van der Waals surface area contributed by atoms with E-state index in [4.69, 9.17) is 9.47 Å². The number of carbonyl (C=O) groups is 1. The van der Waals surface area contributed by atoms with Gasteiger partial charge in [-0.05, 0) is 38.5 Å². The molecule has 0 heterocycles. The summed E-state index contributed by atoms with van der Waals surface area (Å²) in [5.74, 6) is -0.221. The second kappa shape index (κ2) is 11.1. The van der Waals surface area contributed by atoms with E-state index in [2.05, 4.69) is 16.6 Å². The highest BCUT2D eigenvalue weighted by molar-refractivity contribution is 5.70. The number of rotatable bonds is 9. The van der Waals surface area contributed by atoms with Crippen molar-refractivity contribution in [1.29, 1.82) is 0 Å². The maximum Gasteiger partial charge on any atom is 0.573 e. The first kappa shape index (κ1) is 23.1. The lowest BCUT2D eigenvalue weighted by Crippen LogP contribution is -2.31. The van der Waals surface area contributed by atoms with Crippen molar-refractivity contribution in [2.75, 3.05) is 6.61 Å². The average molecular weight is 399 g/mol. The van der Waals surface area contributed by atoms with Crippen LogP contribution >= 0.6 is 0 Å². The number of ether oxygens (including phenoxy) is 3. The largest absolute Gasteiger partial charge is 0.573 e. The summed E-state index contributed by atoms with van der Waals surface area (Å²) in [7, 11) is 0. The maximum atomic E-state index is 12.3. The molecule has 0 saturated carbocycles. The van der Waals surface area contributed by atoms with Crippen LogP contribution in [-0.4, -0.2) is 25.2 Å². The van der Waals surface area contributed by atoms with Crippen LogP contribution in [0.25, 0.3) is 0 Å². The molecule has 28 heavy (non-hydrogen) atoms. The van der Waals surface area contributed by atoms with Gasteiger partial charge in [-0.3, -0.25) is 5.32 Å². The smallest absolute Gasteiger partial charge is 0.490 e. The standard InChI is InChI=1S/C20H24F3NO4/c1-5-15(11-10-14(3)4)24-19(25)27-16(6-2)13-26-17-8-7-9-18(12-17)28-20(21,22)23/h5,7-12,16H,3,6,13H2,1-2,4H3,(H,24,25)/b11-10-,15-5+. The predicted molar refractivity (Wildman–Crippen MR) is 100 cm³/mol. The molecule has 0 saturated heterocycles. The van der Waals surface area contributed by atoms with Gasteiger partial charge in [0.1, 0.15) is 24.2 Å². The molecule has 1 amide bonds. The molecule has 0 aromatic heterocycles. The predicted octanol–water partition coefficient (Wildman–Crippen LogP) is 5.50. The van der Waals surface area contributed by atoms with Crippen LogP contribution in [0.1, 0.15) is 27.2 Å². The lowest BCUT2D eigenvalue weighted by atomic mass is 10.3. The Bertz CT molecular complexity index is 726. The summed E-state index contributed by atoms with van der Waals surface area (Å²) < 4.78 is 51.4. The molecule has 0 radical (unpaired) electrons. The van der Waals surface area contributed by atoms with Crippen molar-refractivity contribution >= 4 is 6.09 Å². The van der Waals surface area contributed by atoms with Gasteiger partial charge in [-0.25, -0.2) is 4.79 Å². The van der Waals surface area contributed by atoms with E-state index in [1.54, 1.807) is 32.1 Å². The molecule has 1 N–H and O–H groups in total. The van der Waals surface area contributed by atoms with Crippen LogP contribution in [0.4, 0.5) is 18.0 Å². The van der Waals surface area contributed by atoms with E-state index >= 15 is 0 Å². The Hall–Kier alpha value is -2.90. The van der Waals surface area contributed by atoms with Crippen LogP contribution in [0.5, 0.6) is 11.5 Å². The van der Waals surface area contributed by atoms with Gasteiger partial charge in [-0.15, -0.1) is 13.2 Å². The lowest BCUT2D eigenvalue weighted by molar-refractivity contribution is -0.274. The van der Waals surface area contributed by atoms with Crippen molar-refractivity contribution < 1.29 is 32.2 Å². The molecule has 1 rings (SSSR count). The van der Waals surface area contributed by atoms with E-state index in [-0.39, 0.29) is 12.4 Å². The number of amides is 1. The minimum absolute atomic E-state index is 0.0217. The van der Waals surface area contributed by atoms with Crippen molar-refractivity contribution in [2.24, 2.45) is 0 Å². The number of allylic oxidation sites excluding steroid dienone is 4. The molecule has 0 fully saturated rings. The number of alkyl carbamates (subject to hydrolysis) is 1. The second-order valence-corrected chi connectivity index (χ2v) is 5.82. The monoisotopic (exact) mass is 399 g/mol. The number of benzene rings is 1. The van der Waals surface area contributed by atoms with Crippen LogP contribution in [0, 0.1) is 0 Å². The molecule has 1 aromatic rings. The quantitative estimate of drug-likeness (QED) is 0.557. The van der Waals surface area contributed by atoms with Crippen molar-refractivity contribution in [3.05, 3.63) is 60.3 Å². The summed E-state index contributed by atoms with van der Waals surface area (Å²) in [6, 6.07) is 5.13. The Balaban J connectivity index is 2.59. The molecule has 0 bridgehead atoms. The highest BCUT2D eigenvalue weighted by atomic mass is 19.4. The zero-order valence-electron chi connectivity index (χ0n) is 16.0. The van der Waals surface area contributed by atoms with Gasteiger partial charge in [-0.2, -0.15) is 0 Å². The first-order valence-electron chi connectivity index (χ1n) is 8.59. The van der Waals surface area contributed by atoms with Crippen LogP contribution in [0.3, 0.4) is 0 Å². The molecular formula is C20H24F3NO4. The molecule has 0 aliphatic rings. The van der Waals surface area contributed by atoms with Crippen LogP contribution < -0.4 is 14.8 Å². The SMILES string of the molecule is C=C(C)/C=C\C(=C/C)NC(=O)OC(CC)COc1cccc(OC(F)(F)F)c1. The van der Waals surface area contributed by atoms with Gasteiger partial charge in [0, 0.05) is 11.8 Å². The lowest BCUT2D eigenvalue weighted by Gasteiger charge is -2.18. The summed E-state index contributed by atoms with van der Waals surface area (Å²) in [4.78, 5) is 12.0. The van der Waals surface area contributed by atoms with Crippen molar-refractivity contribution in [1.82, 2.24) is 5.32 Å². The molecule has 0 aliphatic heterocycles. The van der Waals surface area contributed by atoms with E-state index in [0.717, 1.165) is 11.6 Å². The molecule has 0 spiro atoms. The minimum Gasteiger partial charge on any atom is -0.490 e. The normalized spacial score (nSPS) is 13.1. The fourth-order valence-electron chi connectivity index (χ4n) is 1.93. The number of hydrogen-bond acceptors (Lipinski definition) is 4. The van der Waals surface area contributed by atoms with E-state index in [1.807, 2.05) is 6.92 Å². The second-order valence-electron chi connectivity index (χ2n) is 5.82. The van der Waals surface area contributed by atoms with Gasteiger partial charge in [0.05, 0.1) is 0 Å². The minimum atomic E-state index is -4.78. The first-order valence-corrected chi connectivity index (χ1v) is 8.59. The van der Waals surface area contributed by atoms with Gasteiger partial charge in [0.15, 0.2) is 0 Å². The number of halogens is 3. The van der Waals surface area contributed by atoms with Crippen molar-refractivity contribution in [2.45, 2.75) is 39.7 Å². The Morgan fingerprint density at radius 2 is 1.96 bits per heavy atom. The fourth-order valence-corrected chi connectivity index (χ4v) is 1.93. The number of hydrogen-bond donors (Lipinski definition) is 1. The van der Waals surface area contributed by atoms with Gasteiger partial charge < -0.3 is 14.2 Å². The molecule has 1 atom stereocenters. The summed E-state index contributed by atoms with van der Waals surface area (Å²) in [5, 5.41) is 2.59. The van der Waals surface area contributed by atoms with Gasteiger partial charge >= 0.3 is 12.5 Å². The van der Waals surface area contributed by atoms with E-state index in [1.165, 1.54) is 18.2 Å². The average Bonchev–Trinajstić information content (AvgIpc) is 2.60. The number of alkyl halides is 3. The molecule has 0 aliphatic carbocycles. The van der Waals surface area contributed by atoms with Gasteiger partial charge in [-0.1, -0.05) is 37.3 Å². The van der Waals surface area contributed by atoms with E-state index in [0.29, 0.717) is 12.1 Å². The highest BCUT2D eigenvalue weighted by Crippen LogP contribution is 2.26. The van der Waals surface area contributed by atoms with Crippen molar-refractivity contribution in [3.63, 3.8) is 0 Å². The number of carbonyl (C=O) groups excluding carboxylic acids is 1. The highest BCUT2D eigenvalue weighted by Gasteiger charge is 2.31. The Morgan fingerprint density at radius 3 is 2.54 bits per heavy atom. The molecular weight excluding hydrogens is 375 g/mol. The third kappa shape index (κ3) is 9.70. The zero-order valence-corrected chi connectivity index (χ0v) is 16.0. The van der Waals surface area contributed by atoms with Crippen molar-refractivity contribution in [3.8, 4) is 11.5 Å². The Kier molecular flexibility index (Phi) is 9.14. The van der Waals surface area contributed by atoms with Crippen LogP contribution in [0.15, 0.2) is 60.3 Å². The third-order valence-electron chi connectivity index (χ3n) is 3.31. The molecule has 5 nitrogen and oxygen atoms in total. The summed E-state index contributed by atoms with van der Waals surface area (Å²) >= 11 is 0. The van der Waals surface area contributed by atoms with Crippen LogP contribution in [-0.2, 0) is 4.74 Å². The Morgan fingerprint density at radius 1 is 1.29 bits per heavy atom.